The molecule has 0 aliphatic heterocycles. The molecule has 24 heavy (non-hydrogen) atoms. The summed E-state index contributed by atoms with van der Waals surface area (Å²) in [5.41, 5.74) is 1.38. The number of nitrogens with zero attached hydrogens (tertiary/aromatic N) is 2. The molecule has 2 aromatic rings. The number of H-pyrrole nitrogens is 1. The first-order valence-corrected chi connectivity index (χ1v) is 6.82. The second kappa shape index (κ2) is 7.27. The molecule has 0 atom stereocenters. The number of amides is 1. The molecule has 0 fully saturated rings. The highest BCUT2D eigenvalue weighted by Crippen LogP contribution is 2.22. The molecule has 0 unspecified atom stereocenters. The molecule has 1 aromatic heterocycles. The van der Waals surface area contributed by atoms with Crippen LogP contribution < -0.4 is 26.1 Å². The van der Waals surface area contributed by atoms with Crippen molar-refractivity contribution < 1.29 is 14.3 Å². The van der Waals surface area contributed by atoms with Gasteiger partial charge in [-0.05, 0) is 12.1 Å². The molecular formula is C15H16N4O5. The first-order chi connectivity index (χ1) is 11.5. The van der Waals surface area contributed by atoms with Gasteiger partial charge in [0.25, 0.3) is 11.5 Å². The molecule has 0 aliphatic carbocycles. The van der Waals surface area contributed by atoms with E-state index in [1.54, 1.807) is 18.2 Å². The fraction of sp³-hybridized carbons (Fsp3) is 0.200. The Morgan fingerprint density at radius 2 is 2.00 bits per heavy atom. The number of rotatable bonds is 5. The Morgan fingerprint density at radius 3 is 2.62 bits per heavy atom. The van der Waals surface area contributed by atoms with E-state index in [2.05, 4.69) is 15.5 Å². The Morgan fingerprint density at radius 1 is 1.25 bits per heavy atom. The normalized spacial score (nSPS) is 10.6. The largest absolute Gasteiger partial charge is 0.497 e. The van der Waals surface area contributed by atoms with Crippen LogP contribution in [0.4, 0.5) is 0 Å². The summed E-state index contributed by atoms with van der Waals surface area (Å²) in [6.45, 7) is 0. The van der Waals surface area contributed by atoms with E-state index in [1.807, 2.05) is 0 Å². The molecule has 2 rings (SSSR count). The third-order valence-corrected chi connectivity index (χ3v) is 3.20. The summed E-state index contributed by atoms with van der Waals surface area (Å²) in [6, 6.07) is 6.10. The van der Waals surface area contributed by atoms with Crippen molar-refractivity contribution in [1.29, 1.82) is 0 Å². The van der Waals surface area contributed by atoms with Gasteiger partial charge in [0, 0.05) is 24.7 Å². The third kappa shape index (κ3) is 3.69. The quantitative estimate of drug-likeness (QED) is 0.584. The van der Waals surface area contributed by atoms with Crippen molar-refractivity contribution in [2.75, 3.05) is 14.2 Å². The van der Waals surface area contributed by atoms with Crippen molar-refractivity contribution in [1.82, 2.24) is 15.0 Å². The SMILES string of the molecule is COc1ccc(C=NNC(=O)c2cc(=O)n(C)c(=O)[nH]2)c(OC)c1. The van der Waals surface area contributed by atoms with Gasteiger partial charge in [0.2, 0.25) is 0 Å². The van der Waals surface area contributed by atoms with Crippen LogP contribution in [0.3, 0.4) is 0 Å². The number of nitrogens with one attached hydrogen (secondary N) is 2. The number of aromatic nitrogens is 2. The highest BCUT2D eigenvalue weighted by atomic mass is 16.5. The number of hydrogen-bond acceptors (Lipinski definition) is 6. The van der Waals surface area contributed by atoms with Gasteiger partial charge in [0.1, 0.15) is 17.2 Å². The number of benzene rings is 1. The minimum Gasteiger partial charge on any atom is -0.497 e. The van der Waals surface area contributed by atoms with E-state index in [-0.39, 0.29) is 5.69 Å². The van der Waals surface area contributed by atoms with Crippen molar-refractivity contribution in [2.24, 2.45) is 12.1 Å². The maximum absolute atomic E-state index is 11.9. The lowest BCUT2D eigenvalue weighted by Crippen LogP contribution is -2.35. The van der Waals surface area contributed by atoms with Gasteiger partial charge >= 0.3 is 5.69 Å². The Labute approximate surface area is 136 Å². The maximum Gasteiger partial charge on any atom is 0.328 e. The van der Waals surface area contributed by atoms with Crippen LogP contribution in [0.25, 0.3) is 0 Å². The minimum atomic E-state index is -0.714. The predicted molar refractivity (Wildman–Crippen MR) is 86.9 cm³/mol. The second-order valence-corrected chi connectivity index (χ2v) is 4.69. The van der Waals surface area contributed by atoms with Gasteiger partial charge in [-0.2, -0.15) is 5.10 Å². The third-order valence-electron chi connectivity index (χ3n) is 3.20. The molecule has 2 N–H and O–H groups in total. The van der Waals surface area contributed by atoms with Gasteiger partial charge in [-0.1, -0.05) is 0 Å². The fourth-order valence-electron chi connectivity index (χ4n) is 1.82. The molecule has 0 aliphatic rings. The second-order valence-electron chi connectivity index (χ2n) is 4.69. The lowest BCUT2D eigenvalue weighted by molar-refractivity contribution is 0.0949. The van der Waals surface area contributed by atoms with E-state index in [0.717, 1.165) is 10.6 Å². The molecule has 9 nitrogen and oxygen atoms in total. The first kappa shape index (κ1) is 17.0. The van der Waals surface area contributed by atoms with Gasteiger partial charge in [-0.25, -0.2) is 10.2 Å². The standard InChI is InChI=1S/C15H16N4O5/c1-19-13(20)7-11(17-15(19)22)14(21)18-16-8-9-4-5-10(23-2)6-12(9)24-3/h4-8H,1-3H3,(H,17,22)(H,18,21). The average Bonchev–Trinajstić information content (AvgIpc) is 2.59. The van der Waals surface area contributed by atoms with Crippen molar-refractivity contribution in [3.63, 3.8) is 0 Å². The van der Waals surface area contributed by atoms with Gasteiger partial charge < -0.3 is 14.5 Å². The first-order valence-electron chi connectivity index (χ1n) is 6.82. The lowest BCUT2D eigenvalue weighted by Gasteiger charge is -2.07. The summed E-state index contributed by atoms with van der Waals surface area (Å²) >= 11 is 0. The molecule has 0 radical (unpaired) electrons. The highest BCUT2D eigenvalue weighted by molar-refractivity contribution is 5.93. The molecule has 9 heteroatoms. The van der Waals surface area contributed by atoms with Crippen LogP contribution >= 0.6 is 0 Å². The summed E-state index contributed by atoms with van der Waals surface area (Å²) in [4.78, 5) is 37.2. The molecule has 0 saturated carbocycles. The summed E-state index contributed by atoms with van der Waals surface area (Å²) in [6.07, 6.45) is 1.37. The smallest absolute Gasteiger partial charge is 0.328 e. The summed E-state index contributed by atoms with van der Waals surface area (Å²) in [5, 5.41) is 3.79. The minimum absolute atomic E-state index is 0.179. The average molecular weight is 332 g/mol. The zero-order chi connectivity index (χ0) is 17.7. The molecule has 1 heterocycles. The number of hydrogen-bond donors (Lipinski definition) is 2. The Kier molecular flexibility index (Phi) is 5.15. The highest BCUT2D eigenvalue weighted by Gasteiger charge is 2.09. The van der Waals surface area contributed by atoms with Crippen LogP contribution in [0.1, 0.15) is 16.1 Å². The van der Waals surface area contributed by atoms with E-state index < -0.39 is 17.2 Å². The van der Waals surface area contributed by atoms with E-state index in [9.17, 15) is 14.4 Å². The van der Waals surface area contributed by atoms with Gasteiger partial charge in [-0.3, -0.25) is 14.2 Å². The Bertz CT molecular complexity index is 866. The van der Waals surface area contributed by atoms with Crippen molar-refractivity contribution in [2.45, 2.75) is 0 Å². The fourth-order valence-corrected chi connectivity index (χ4v) is 1.82. The molecular weight excluding hydrogens is 316 g/mol. The predicted octanol–water partition coefficient (Wildman–Crippen LogP) is -0.145. The number of aromatic amines is 1. The van der Waals surface area contributed by atoms with E-state index >= 15 is 0 Å². The number of hydrazone groups is 1. The van der Waals surface area contributed by atoms with Gasteiger partial charge in [0.15, 0.2) is 0 Å². The summed E-state index contributed by atoms with van der Waals surface area (Å²) < 4.78 is 11.1. The zero-order valence-electron chi connectivity index (χ0n) is 13.3. The van der Waals surface area contributed by atoms with E-state index in [0.29, 0.717) is 17.1 Å². The number of carbonyl (C=O) groups is 1. The Hall–Kier alpha value is -3.36. The molecule has 0 spiro atoms. The van der Waals surface area contributed by atoms with E-state index in [1.165, 1.54) is 27.5 Å². The monoisotopic (exact) mass is 332 g/mol. The molecule has 0 bridgehead atoms. The lowest BCUT2D eigenvalue weighted by atomic mass is 10.2. The topological polar surface area (TPSA) is 115 Å². The van der Waals surface area contributed by atoms with Crippen LogP contribution in [0.2, 0.25) is 0 Å². The van der Waals surface area contributed by atoms with Crippen molar-refractivity contribution in [3.8, 4) is 11.5 Å². The molecule has 1 aromatic carbocycles. The maximum atomic E-state index is 11.9. The molecule has 126 valence electrons. The van der Waals surface area contributed by atoms with Crippen LogP contribution in [-0.2, 0) is 7.05 Å². The van der Waals surface area contributed by atoms with Crippen molar-refractivity contribution in [3.05, 3.63) is 56.4 Å². The molecule has 1 amide bonds. The number of ether oxygens (including phenoxy) is 2. The van der Waals surface area contributed by atoms with Crippen molar-refractivity contribution >= 4 is 12.1 Å². The zero-order valence-corrected chi connectivity index (χ0v) is 13.3. The number of carbonyl (C=O) groups excluding carboxylic acids is 1. The Balaban J connectivity index is 2.16. The van der Waals surface area contributed by atoms with Crippen LogP contribution in [0, 0.1) is 0 Å². The van der Waals surface area contributed by atoms with Crippen LogP contribution in [0.15, 0.2) is 39.0 Å². The van der Waals surface area contributed by atoms with Crippen LogP contribution in [0.5, 0.6) is 11.5 Å². The summed E-state index contributed by atoms with van der Waals surface area (Å²) in [7, 11) is 4.33. The van der Waals surface area contributed by atoms with Crippen LogP contribution in [-0.4, -0.2) is 35.9 Å². The number of methoxy groups -OCH3 is 2. The summed E-state index contributed by atoms with van der Waals surface area (Å²) in [5.74, 6) is 0.411. The van der Waals surface area contributed by atoms with Gasteiger partial charge in [-0.15, -0.1) is 0 Å². The molecule has 0 saturated heterocycles. The van der Waals surface area contributed by atoms with Gasteiger partial charge in [0.05, 0.1) is 20.4 Å². The van der Waals surface area contributed by atoms with E-state index in [4.69, 9.17) is 9.47 Å².